The third-order valence-corrected chi connectivity index (χ3v) is 3.69. The second-order valence-corrected chi connectivity index (χ2v) is 5.94. The van der Waals surface area contributed by atoms with Gasteiger partial charge >= 0.3 is 5.97 Å². The van der Waals surface area contributed by atoms with E-state index in [2.05, 4.69) is 10.1 Å². The number of aliphatic hydroxyl groups is 1. The van der Waals surface area contributed by atoms with E-state index in [1.165, 1.54) is 7.11 Å². The lowest BCUT2D eigenvalue weighted by Gasteiger charge is -2.13. The van der Waals surface area contributed by atoms with E-state index in [1.54, 1.807) is 37.2 Å². The molecule has 1 rings (SSSR count). The highest BCUT2D eigenvalue weighted by Crippen LogP contribution is 2.09. The average Bonchev–Trinajstić information content (AvgIpc) is 2.64. The summed E-state index contributed by atoms with van der Waals surface area (Å²) in [6.07, 6.45) is 5.83. The van der Waals surface area contributed by atoms with Gasteiger partial charge in [0.05, 0.1) is 13.7 Å². The van der Waals surface area contributed by atoms with Crippen LogP contribution in [0.1, 0.15) is 35.2 Å². The van der Waals surface area contributed by atoms with Crippen molar-refractivity contribution in [1.29, 1.82) is 0 Å². The zero-order valence-electron chi connectivity index (χ0n) is 15.9. The Morgan fingerprint density at radius 2 is 2.00 bits per heavy atom. The van der Waals surface area contributed by atoms with Crippen molar-refractivity contribution in [2.24, 2.45) is 0 Å². The van der Waals surface area contributed by atoms with E-state index in [0.717, 1.165) is 18.4 Å². The van der Waals surface area contributed by atoms with Gasteiger partial charge in [0.15, 0.2) is 6.04 Å². The molecule has 27 heavy (non-hydrogen) atoms. The smallest absolute Gasteiger partial charge is 0.330 e. The lowest BCUT2D eigenvalue weighted by atomic mass is 10.1. The second kappa shape index (κ2) is 12.9. The quantitative estimate of drug-likeness (QED) is 0.485. The van der Waals surface area contributed by atoms with Crippen LogP contribution in [0.5, 0.6) is 0 Å². The second-order valence-electron chi connectivity index (χ2n) is 5.94. The van der Waals surface area contributed by atoms with Crippen LogP contribution in [-0.4, -0.2) is 61.6 Å². The zero-order chi connectivity index (χ0) is 19.5. The molecule has 1 aromatic rings. The monoisotopic (exact) mass is 396 g/mol. The molecule has 0 fully saturated rings. The maximum atomic E-state index is 12.2. The average molecular weight is 397 g/mol. The summed E-state index contributed by atoms with van der Waals surface area (Å²) in [6.45, 7) is -0.538. The van der Waals surface area contributed by atoms with E-state index in [-0.39, 0.29) is 19.4 Å². The van der Waals surface area contributed by atoms with Crippen LogP contribution in [0.15, 0.2) is 30.3 Å². The van der Waals surface area contributed by atoms with Crippen LogP contribution >= 0.6 is 13.5 Å². The number of methoxy groups -OCH3 is 1. The van der Waals surface area contributed by atoms with Gasteiger partial charge in [0.2, 0.25) is 5.91 Å². The summed E-state index contributed by atoms with van der Waals surface area (Å²) >= 11 is 0. The third kappa shape index (κ3) is 8.74. The van der Waals surface area contributed by atoms with E-state index in [9.17, 15) is 14.4 Å². The molecule has 8 heteroatoms. The summed E-state index contributed by atoms with van der Waals surface area (Å²) in [5, 5.41) is 11.6. The number of rotatable bonds is 9. The van der Waals surface area contributed by atoms with Gasteiger partial charge < -0.3 is 20.1 Å². The fraction of sp³-hybridized carbons (Fsp3) is 0.421. The van der Waals surface area contributed by atoms with Crippen LogP contribution in [0.25, 0.3) is 6.08 Å². The molecule has 0 aliphatic heterocycles. The molecule has 0 saturated heterocycles. The predicted molar refractivity (Wildman–Crippen MR) is 109 cm³/mol. The Bertz CT molecular complexity index is 661. The summed E-state index contributed by atoms with van der Waals surface area (Å²) in [5.74, 6) is -1.08. The van der Waals surface area contributed by atoms with Crippen LogP contribution in [0, 0.1) is 0 Å². The minimum Gasteiger partial charge on any atom is -0.467 e. The molecule has 0 aromatic heterocycles. The lowest BCUT2D eigenvalue weighted by molar-refractivity contribution is -0.143. The van der Waals surface area contributed by atoms with Gasteiger partial charge in [-0.1, -0.05) is 24.3 Å². The Balaban J connectivity index is 0.00000676. The fourth-order valence-electron chi connectivity index (χ4n) is 2.16. The first-order valence-corrected chi connectivity index (χ1v) is 8.35. The summed E-state index contributed by atoms with van der Waals surface area (Å²) in [5.41, 5.74) is 1.20. The number of allylic oxidation sites excluding steroid dienone is 1. The Labute approximate surface area is 166 Å². The van der Waals surface area contributed by atoms with Crippen molar-refractivity contribution in [1.82, 2.24) is 10.2 Å². The lowest BCUT2D eigenvalue weighted by Crippen LogP contribution is -2.44. The van der Waals surface area contributed by atoms with Gasteiger partial charge in [-0.25, -0.2) is 4.79 Å². The minimum atomic E-state index is -1.10. The number of nitrogens with zero attached hydrogens (tertiary/aromatic N) is 1. The van der Waals surface area contributed by atoms with Crippen molar-refractivity contribution in [2.75, 3.05) is 27.8 Å². The Hall–Kier alpha value is -2.32. The van der Waals surface area contributed by atoms with E-state index in [4.69, 9.17) is 5.11 Å². The Kier molecular flexibility index (Phi) is 11.8. The number of amides is 2. The van der Waals surface area contributed by atoms with Crippen molar-refractivity contribution < 1.29 is 24.2 Å². The number of unbranched alkanes of at least 4 members (excludes halogenated alkanes) is 1. The molecular weight excluding hydrogens is 368 g/mol. The van der Waals surface area contributed by atoms with E-state index >= 15 is 0 Å². The molecule has 0 spiro atoms. The van der Waals surface area contributed by atoms with Crippen molar-refractivity contribution >= 4 is 37.4 Å². The molecule has 2 N–H and O–H groups in total. The zero-order valence-corrected chi connectivity index (χ0v) is 16.9. The van der Waals surface area contributed by atoms with Crippen molar-refractivity contribution in [3.63, 3.8) is 0 Å². The molecule has 1 atom stereocenters. The van der Waals surface area contributed by atoms with Gasteiger partial charge in [0, 0.05) is 26.1 Å². The number of hydrogen-bond donors (Lipinski definition) is 2. The fourth-order valence-corrected chi connectivity index (χ4v) is 2.16. The van der Waals surface area contributed by atoms with Gasteiger partial charge in [-0.3, -0.25) is 9.59 Å². The first kappa shape index (κ1) is 24.7. The standard InChI is InChI=1S/C19H26N2O5.H2S/c1-21(2)17(23)11-6-4-5-8-14-9-7-10-15(12-14)18(24)20-16(13-22)19(25)26-3;/h5,7-10,12,16,22H,4,6,11,13H2,1-3H3,(H,20,24);1H2/b8-5-;/t16-;/m0./s1. The van der Waals surface area contributed by atoms with Crippen molar-refractivity contribution in [2.45, 2.75) is 25.3 Å². The number of ether oxygens (including phenoxy) is 1. The molecule has 0 bridgehead atoms. The van der Waals surface area contributed by atoms with Gasteiger partial charge in [0.25, 0.3) is 5.91 Å². The molecule has 2 amide bonds. The molecule has 150 valence electrons. The van der Waals surface area contributed by atoms with Gasteiger partial charge in [-0.2, -0.15) is 13.5 Å². The van der Waals surface area contributed by atoms with Crippen molar-refractivity contribution in [3.8, 4) is 0 Å². The summed E-state index contributed by atoms with van der Waals surface area (Å²) in [7, 11) is 4.65. The molecule has 0 saturated carbocycles. The summed E-state index contributed by atoms with van der Waals surface area (Å²) in [4.78, 5) is 36.7. The van der Waals surface area contributed by atoms with Crippen LogP contribution in [0.3, 0.4) is 0 Å². The number of carbonyl (C=O) groups excluding carboxylic acids is 3. The van der Waals surface area contributed by atoms with Crippen molar-refractivity contribution in [3.05, 3.63) is 41.5 Å². The number of hydrogen-bond acceptors (Lipinski definition) is 5. The molecule has 7 nitrogen and oxygen atoms in total. The highest BCUT2D eigenvalue weighted by atomic mass is 32.1. The Morgan fingerprint density at radius 1 is 1.30 bits per heavy atom. The molecule has 0 radical (unpaired) electrons. The topological polar surface area (TPSA) is 95.9 Å². The van der Waals surface area contributed by atoms with Gasteiger partial charge in [-0.05, 0) is 30.5 Å². The summed E-state index contributed by atoms with van der Waals surface area (Å²) in [6, 6.07) is 5.79. The predicted octanol–water partition coefficient (Wildman–Crippen LogP) is 1.33. The van der Waals surface area contributed by atoms with Crippen LogP contribution in [0.2, 0.25) is 0 Å². The Morgan fingerprint density at radius 3 is 2.59 bits per heavy atom. The third-order valence-electron chi connectivity index (χ3n) is 3.69. The SMILES string of the molecule is COC(=O)[C@H](CO)NC(=O)c1cccc(/C=C\CCCC(=O)N(C)C)c1.S. The highest BCUT2D eigenvalue weighted by molar-refractivity contribution is 7.59. The molecule has 0 aliphatic rings. The number of nitrogens with one attached hydrogen (secondary N) is 1. The largest absolute Gasteiger partial charge is 0.467 e. The number of esters is 1. The normalized spacial score (nSPS) is 11.4. The van der Waals surface area contributed by atoms with E-state index in [0.29, 0.717) is 12.0 Å². The maximum Gasteiger partial charge on any atom is 0.330 e. The molecule has 0 aliphatic carbocycles. The van der Waals surface area contributed by atoms with Crippen LogP contribution < -0.4 is 5.32 Å². The molecule has 0 heterocycles. The first-order chi connectivity index (χ1) is 12.4. The van der Waals surface area contributed by atoms with E-state index in [1.807, 2.05) is 18.2 Å². The molecule has 1 aromatic carbocycles. The number of carbonyl (C=O) groups is 3. The van der Waals surface area contributed by atoms with Crippen LogP contribution in [-0.2, 0) is 14.3 Å². The highest BCUT2D eigenvalue weighted by Gasteiger charge is 2.21. The summed E-state index contributed by atoms with van der Waals surface area (Å²) < 4.78 is 4.52. The van der Waals surface area contributed by atoms with Crippen LogP contribution in [0.4, 0.5) is 0 Å². The first-order valence-electron chi connectivity index (χ1n) is 8.35. The molecular formula is C19H28N2O5S. The molecule has 0 unspecified atom stereocenters. The number of aliphatic hydroxyl groups excluding tert-OH is 1. The van der Waals surface area contributed by atoms with Gasteiger partial charge in [-0.15, -0.1) is 0 Å². The van der Waals surface area contributed by atoms with Gasteiger partial charge in [0.1, 0.15) is 0 Å². The maximum absolute atomic E-state index is 12.2. The van der Waals surface area contributed by atoms with E-state index < -0.39 is 24.5 Å². The minimum absolute atomic E-state index is 0. The number of benzene rings is 1.